The highest BCUT2D eigenvalue weighted by Gasteiger charge is 2.30. The van der Waals surface area contributed by atoms with Gasteiger partial charge >= 0.3 is 0 Å². The summed E-state index contributed by atoms with van der Waals surface area (Å²) >= 11 is 4.54. The highest BCUT2D eigenvalue weighted by atomic mass is 79.9. The molecule has 35 heavy (non-hydrogen) atoms. The fourth-order valence-corrected chi connectivity index (χ4v) is 7.49. The number of piperazine rings is 1. The summed E-state index contributed by atoms with van der Waals surface area (Å²) in [5.41, 5.74) is 1.10. The summed E-state index contributed by atoms with van der Waals surface area (Å²) in [4.78, 5) is 21.0. The first-order valence-corrected chi connectivity index (χ1v) is 14.5. The molecule has 0 atom stereocenters. The van der Waals surface area contributed by atoms with Crippen LogP contribution in [0.2, 0.25) is 0 Å². The van der Waals surface area contributed by atoms with Gasteiger partial charge in [0.2, 0.25) is 11.8 Å². The van der Waals surface area contributed by atoms with Crippen molar-refractivity contribution in [2.24, 2.45) is 0 Å². The van der Waals surface area contributed by atoms with Gasteiger partial charge in [-0.2, -0.15) is 9.29 Å². The van der Waals surface area contributed by atoms with E-state index in [-0.39, 0.29) is 5.91 Å². The summed E-state index contributed by atoms with van der Waals surface area (Å²) in [6.45, 7) is 5.64. The van der Waals surface area contributed by atoms with E-state index in [0.29, 0.717) is 74.6 Å². The van der Waals surface area contributed by atoms with Gasteiger partial charge in [0.05, 0.1) is 10.3 Å². The number of hydrogen-bond donors (Lipinski definition) is 0. The van der Waals surface area contributed by atoms with Gasteiger partial charge in [0.25, 0.3) is 10.0 Å². The molecule has 0 aliphatic carbocycles. The minimum Gasteiger partial charge on any atom is -0.339 e. The van der Waals surface area contributed by atoms with Crippen LogP contribution in [0.4, 0.5) is 0 Å². The Hall–Kier alpha value is -2.12. The van der Waals surface area contributed by atoms with Gasteiger partial charge in [-0.3, -0.25) is 9.69 Å². The van der Waals surface area contributed by atoms with Crippen LogP contribution in [0.15, 0.2) is 55.0 Å². The van der Waals surface area contributed by atoms with Gasteiger partial charge in [-0.25, -0.2) is 8.42 Å². The normalized spacial score (nSPS) is 15.4. The van der Waals surface area contributed by atoms with Crippen LogP contribution in [-0.2, 0) is 34.3 Å². The summed E-state index contributed by atoms with van der Waals surface area (Å²) < 4.78 is 33.6. The average molecular weight is 583 g/mol. The Morgan fingerprint density at radius 1 is 1.14 bits per heavy atom. The van der Waals surface area contributed by atoms with Crippen molar-refractivity contribution in [1.29, 1.82) is 0 Å². The molecule has 0 saturated carbocycles. The number of nitrogens with zero attached hydrogens (tertiary/aromatic N) is 5. The highest BCUT2D eigenvalue weighted by molar-refractivity contribution is 9.11. The van der Waals surface area contributed by atoms with Gasteiger partial charge in [0.15, 0.2) is 5.82 Å². The lowest BCUT2D eigenvalue weighted by Gasteiger charge is -2.32. The van der Waals surface area contributed by atoms with Crippen molar-refractivity contribution in [2.75, 3.05) is 32.7 Å². The van der Waals surface area contributed by atoms with Crippen LogP contribution in [0, 0.1) is 0 Å². The first-order valence-electron chi connectivity index (χ1n) is 11.5. The molecule has 0 bridgehead atoms. The second-order valence-electron chi connectivity index (χ2n) is 8.24. The molecule has 0 N–H and O–H groups in total. The molecule has 1 saturated heterocycles. The van der Waals surface area contributed by atoms with Crippen molar-refractivity contribution in [3.05, 3.63) is 63.5 Å². The van der Waals surface area contributed by atoms with Crippen molar-refractivity contribution in [3.63, 3.8) is 0 Å². The van der Waals surface area contributed by atoms with Crippen molar-refractivity contribution < 1.29 is 17.7 Å². The van der Waals surface area contributed by atoms with Gasteiger partial charge in [0.1, 0.15) is 4.21 Å². The standard InChI is InChI=1S/C23H28BrN5O4S2/c1-2-28(16-18-6-4-3-5-7-18)22(30)10-9-21-25-20(26-33-21)17-27-12-14-29(15-13-27)35(31,32)23-11-8-19(24)34-23/h3-8,11H,2,9-10,12-17H2,1H3. The van der Waals surface area contributed by atoms with Crippen molar-refractivity contribution in [2.45, 2.75) is 37.1 Å². The van der Waals surface area contributed by atoms with Crippen molar-refractivity contribution in [1.82, 2.24) is 24.2 Å². The smallest absolute Gasteiger partial charge is 0.252 e. The lowest BCUT2D eigenvalue weighted by molar-refractivity contribution is -0.131. The van der Waals surface area contributed by atoms with E-state index in [2.05, 4.69) is 31.0 Å². The molecule has 1 fully saturated rings. The maximum Gasteiger partial charge on any atom is 0.252 e. The second-order valence-corrected chi connectivity index (χ2v) is 12.9. The number of benzene rings is 1. The zero-order valence-electron chi connectivity index (χ0n) is 19.5. The van der Waals surface area contributed by atoms with Crippen LogP contribution in [0.3, 0.4) is 0 Å². The predicted octanol–water partition coefficient (Wildman–Crippen LogP) is 3.38. The molecule has 1 aromatic carbocycles. The minimum atomic E-state index is -3.47. The Kier molecular flexibility index (Phi) is 8.71. The van der Waals surface area contributed by atoms with E-state index in [1.54, 1.807) is 12.1 Å². The number of thiophene rings is 1. The van der Waals surface area contributed by atoms with E-state index in [9.17, 15) is 13.2 Å². The van der Waals surface area contributed by atoms with Crippen molar-refractivity contribution >= 4 is 43.2 Å². The van der Waals surface area contributed by atoms with E-state index in [1.165, 1.54) is 15.6 Å². The Bertz CT molecular complexity index is 1220. The molecule has 9 nitrogen and oxygen atoms in total. The van der Waals surface area contributed by atoms with Crippen LogP contribution in [0.5, 0.6) is 0 Å². The zero-order valence-corrected chi connectivity index (χ0v) is 22.7. The lowest BCUT2D eigenvalue weighted by atomic mass is 10.2. The molecule has 3 heterocycles. The third-order valence-corrected chi connectivity index (χ3v) is 9.84. The maximum atomic E-state index is 12.8. The van der Waals surface area contributed by atoms with Crippen LogP contribution in [-0.4, -0.2) is 71.3 Å². The number of amides is 1. The Morgan fingerprint density at radius 3 is 2.54 bits per heavy atom. The molecule has 0 radical (unpaired) electrons. The second kappa shape index (κ2) is 11.7. The highest BCUT2D eigenvalue weighted by Crippen LogP contribution is 2.29. The van der Waals surface area contributed by atoms with Gasteiger partial charge in [-0.05, 0) is 40.5 Å². The topological polar surface area (TPSA) is 99.9 Å². The fourth-order valence-electron chi connectivity index (χ4n) is 3.90. The Morgan fingerprint density at radius 2 is 1.89 bits per heavy atom. The van der Waals surface area contributed by atoms with Gasteiger partial charge in [-0.15, -0.1) is 11.3 Å². The predicted molar refractivity (Wildman–Crippen MR) is 136 cm³/mol. The number of carbonyl (C=O) groups is 1. The molecule has 0 unspecified atom stereocenters. The Labute approximate surface area is 217 Å². The molecular weight excluding hydrogens is 554 g/mol. The summed E-state index contributed by atoms with van der Waals surface area (Å²) in [6, 6.07) is 13.3. The molecule has 2 aromatic heterocycles. The fraction of sp³-hybridized carbons (Fsp3) is 0.435. The summed E-state index contributed by atoms with van der Waals surface area (Å²) in [5, 5.41) is 4.05. The Balaban J connectivity index is 1.24. The number of aryl methyl sites for hydroxylation is 1. The molecule has 188 valence electrons. The quantitative estimate of drug-likeness (QED) is 0.362. The molecular formula is C23H28BrN5O4S2. The van der Waals surface area contributed by atoms with Gasteiger partial charge in [-0.1, -0.05) is 35.5 Å². The van der Waals surface area contributed by atoms with Crippen LogP contribution >= 0.6 is 27.3 Å². The summed E-state index contributed by atoms with van der Waals surface area (Å²) in [5.74, 6) is 1.03. The maximum absolute atomic E-state index is 12.8. The third kappa shape index (κ3) is 6.76. The molecule has 1 aliphatic heterocycles. The summed E-state index contributed by atoms with van der Waals surface area (Å²) in [7, 11) is -3.47. The number of aromatic nitrogens is 2. The van der Waals surface area contributed by atoms with E-state index < -0.39 is 10.0 Å². The molecule has 1 aliphatic rings. The average Bonchev–Trinajstić information content (AvgIpc) is 3.51. The lowest BCUT2D eigenvalue weighted by Crippen LogP contribution is -2.48. The van der Waals surface area contributed by atoms with E-state index in [1.807, 2.05) is 42.2 Å². The van der Waals surface area contributed by atoms with Crippen LogP contribution in [0.1, 0.15) is 30.6 Å². The minimum absolute atomic E-state index is 0.0474. The number of carbonyl (C=O) groups excluding carboxylic acids is 1. The van der Waals surface area contributed by atoms with Gasteiger partial charge in [0, 0.05) is 52.1 Å². The number of hydrogen-bond acceptors (Lipinski definition) is 8. The zero-order chi connectivity index (χ0) is 24.8. The number of rotatable bonds is 10. The molecule has 4 rings (SSSR count). The molecule has 12 heteroatoms. The first kappa shape index (κ1) is 26.0. The van der Waals surface area contributed by atoms with Crippen LogP contribution in [0.25, 0.3) is 0 Å². The molecule has 0 spiro atoms. The van der Waals surface area contributed by atoms with E-state index in [4.69, 9.17) is 4.52 Å². The third-order valence-electron chi connectivity index (χ3n) is 5.85. The number of sulfonamides is 1. The molecule has 1 amide bonds. The molecule has 3 aromatic rings. The van der Waals surface area contributed by atoms with E-state index in [0.717, 1.165) is 9.35 Å². The summed E-state index contributed by atoms with van der Waals surface area (Å²) in [6.07, 6.45) is 0.692. The monoisotopic (exact) mass is 581 g/mol. The SMILES string of the molecule is CCN(Cc1ccccc1)C(=O)CCc1nc(CN2CCN(S(=O)(=O)c3ccc(Br)s3)CC2)no1. The van der Waals surface area contributed by atoms with Crippen molar-refractivity contribution in [3.8, 4) is 0 Å². The van der Waals surface area contributed by atoms with Crippen LogP contribution < -0.4 is 0 Å². The largest absolute Gasteiger partial charge is 0.339 e. The van der Waals surface area contributed by atoms with E-state index >= 15 is 0 Å². The number of halogens is 1. The van der Waals surface area contributed by atoms with Gasteiger partial charge < -0.3 is 9.42 Å². The first-order chi connectivity index (χ1) is 16.8.